The molecule has 0 radical (unpaired) electrons. The standard InChI is InChI=1S/CH2O3.Na.H2O4S/c2-1(3)4;;1-5(2,3)4/h(H2,2,3,4);;(H2,1,2,3,4)/q;+1;/p-1. The van der Waals surface area contributed by atoms with Crippen LogP contribution < -0.4 is 29.6 Å². The van der Waals surface area contributed by atoms with Crippen molar-refractivity contribution in [1.29, 1.82) is 0 Å². The third kappa shape index (κ3) is 21200. The van der Waals surface area contributed by atoms with Crippen molar-refractivity contribution >= 4 is 16.6 Å². The van der Waals surface area contributed by atoms with Crippen LogP contribution in [0.2, 0.25) is 0 Å². The van der Waals surface area contributed by atoms with Crippen molar-refractivity contribution in [3.8, 4) is 0 Å². The van der Waals surface area contributed by atoms with Gasteiger partial charge in [-0.05, 0) is 0 Å². The Morgan fingerprint density at radius 1 is 1.30 bits per heavy atom. The van der Waals surface area contributed by atoms with E-state index in [9.17, 15) is 0 Å². The Morgan fingerprint density at radius 3 is 1.30 bits per heavy atom. The van der Waals surface area contributed by atoms with Crippen LogP contribution >= 0.6 is 0 Å². The number of hydrogen-bond acceptors (Lipinski definition) is 4. The summed E-state index contributed by atoms with van der Waals surface area (Å²) in [6.45, 7) is 0. The smallest absolute Gasteiger partial charge is 0.726 e. The van der Waals surface area contributed by atoms with E-state index in [1.165, 1.54) is 0 Å². The molecule has 0 bridgehead atoms. The summed E-state index contributed by atoms with van der Waals surface area (Å²) in [5.74, 6) is 0. The quantitative estimate of drug-likeness (QED) is 0.199. The molecule has 0 aliphatic carbocycles. The fraction of sp³-hybridized carbons (Fsp3) is 0. The van der Waals surface area contributed by atoms with Crippen molar-refractivity contribution < 1.29 is 62.1 Å². The van der Waals surface area contributed by atoms with Crippen LogP contribution in [0.25, 0.3) is 0 Å². The van der Waals surface area contributed by atoms with E-state index in [1.54, 1.807) is 0 Å². The zero-order chi connectivity index (χ0) is 8.08. The van der Waals surface area contributed by atoms with Crippen molar-refractivity contribution in [1.82, 2.24) is 0 Å². The molecule has 0 aromatic rings. The van der Waals surface area contributed by atoms with Crippen LogP contribution in [0, 0.1) is 0 Å². The molecule has 0 amide bonds. The van der Waals surface area contributed by atoms with Gasteiger partial charge in [0.15, 0.2) is 0 Å². The zero-order valence-corrected chi connectivity index (χ0v) is 7.70. The zero-order valence-electron chi connectivity index (χ0n) is 4.88. The largest absolute Gasteiger partial charge is 1.00 e. The van der Waals surface area contributed by atoms with E-state index >= 15 is 0 Å². The summed E-state index contributed by atoms with van der Waals surface area (Å²) < 4.78 is 32.8. The molecule has 0 aromatic heterocycles. The van der Waals surface area contributed by atoms with Gasteiger partial charge in [-0.3, -0.25) is 4.55 Å². The first-order chi connectivity index (χ1) is 3.73. The molecule has 0 saturated carbocycles. The van der Waals surface area contributed by atoms with Gasteiger partial charge >= 0.3 is 35.7 Å². The minimum atomic E-state index is -4.92. The third-order valence-corrected chi connectivity index (χ3v) is 0. The molecule has 0 aliphatic rings. The molecule has 0 atom stereocenters. The Kier molecular flexibility index (Phi) is 12.0. The Bertz CT molecular complexity index is 156. The third-order valence-electron chi connectivity index (χ3n) is 0. The van der Waals surface area contributed by atoms with Crippen molar-refractivity contribution in [2.24, 2.45) is 0 Å². The molecule has 9 heteroatoms. The molecule has 7 nitrogen and oxygen atoms in total. The van der Waals surface area contributed by atoms with Crippen LogP contribution in [0.1, 0.15) is 0 Å². The van der Waals surface area contributed by atoms with Crippen LogP contribution in [0.15, 0.2) is 0 Å². The summed E-state index contributed by atoms with van der Waals surface area (Å²) in [4.78, 5) is 8.56. The van der Waals surface area contributed by atoms with Gasteiger partial charge in [0.1, 0.15) is 0 Å². The predicted molar refractivity (Wildman–Crippen MR) is 23.0 cm³/mol. The van der Waals surface area contributed by atoms with E-state index in [-0.39, 0.29) is 29.6 Å². The first kappa shape index (κ1) is 16.6. The average Bonchev–Trinajstić information content (AvgIpc) is 1.19. The minimum Gasteiger partial charge on any atom is -0.726 e. The average molecular weight is 182 g/mol. The first-order valence-corrected chi connectivity index (χ1v) is 2.70. The summed E-state index contributed by atoms with van der Waals surface area (Å²) in [7, 11) is -4.92. The van der Waals surface area contributed by atoms with Gasteiger partial charge in [0.25, 0.3) is 0 Å². The molecular formula is CH3NaO7S. The van der Waals surface area contributed by atoms with Crippen LogP contribution in [0.3, 0.4) is 0 Å². The molecule has 10 heavy (non-hydrogen) atoms. The SMILES string of the molecule is O=C(O)O.O=S(=O)([O-])O.[Na+]. The molecule has 0 heterocycles. The van der Waals surface area contributed by atoms with Crippen molar-refractivity contribution in [3.63, 3.8) is 0 Å². The molecular weight excluding hydrogens is 179 g/mol. The molecule has 0 unspecified atom stereocenters. The molecule has 0 spiro atoms. The Hall–Kier alpha value is 0.140. The van der Waals surface area contributed by atoms with Crippen molar-refractivity contribution in [2.45, 2.75) is 0 Å². The van der Waals surface area contributed by atoms with E-state index in [2.05, 4.69) is 0 Å². The second-order valence-electron chi connectivity index (χ2n) is 0.710. The van der Waals surface area contributed by atoms with Gasteiger partial charge in [0.2, 0.25) is 10.4 Å². The Morgan fingerprint density at radius 2 is 1.30 bits per heavy atom. The number of hydrogen-bond donors (Lipinski definition) is 3. The molecule has 56 valence electrons. The number of rotatable bonds is 0. The molecule has 0 aliphatic heterocycles. The molecule has 0 saturated heterocycles. The molecule has 0 fully saturated rings. The normalized spacial score (nSPS) is 8.20. The maximum atomic E-state index is 8.63. The van der Waals surface area contributed by atoms with Crippen molar-refractivity contribution in [2.75, 3.05) is 0 Å². The summed E-state index contributed by atoms with van der Waals surface area (Å²) in [5.41, 5.74) is 0. The minimum absolute atomic E-state index is 0. The fourth-order valence-electron chi connectivity index (χ4n) is 0. The molecule has 3 N–H and O–H groups in total. The summed E-state index contributed by atoms with van der Waals surface area (Å²) in [5, 5.41) is 13.9. The fourth-order valence-corrected chi connectivity index (χ4v) is 0. The van der Waals surface area contributed by atoms with Gasteiger partial charge in [0, 0.05) is 0 Å². The Balaban J connectivity index is -0.0000000910. The van der Waals surface area contributed by atoms with Gasteiger partial charge < -0.3 is 14.8 Å². The van der Waals surface area contributed by atoms with Crippen LogP contribution in [0.5, 0.6) is 0 Å². The predicted octanol–water partition coefficient (Wildman–Crippen LogP) is -3.77. The maximum absolute atomic E-state index is 8.63. The summed E-state index contributed by atoms with van der Waals surface area (Å²) >= 11 is 0. The second kappa shape index (κ2) is 7.25. The Labute approximate surface area is 78.5 Å². The van der Waals surface area contributed by atoms with Gasteiger partial charge in [-0.25, -0.2) is 13.2 Å². The van der Waals surface area contributed by atoms with Crippen molar-refractivity contribution in [3.05, 3.63) is 0 Å². The maximum Gasteiger partial charge on any atom is 1.00 e. The van der Waals surface area contributed by atoms with Gasteiger partial charge in [-0.15, -0.1) is 0 Å². The van der Waals surface area contributed by atoms with Crippen LogP contribution in [-0.2, 0) is 10.4 Å². The monoisotopic (exact) mass is 182 g/mol. The van der Waals surface area contributed by atoms with E-state index in [0.29, 0.717) is 0 Å². The summed E-state index contributed by atoms with van der Waals surface area (Å²) in [6.07, 6.45) is -1.83. The summed E-state index contributed by atoms with van der Waals surface area (Å²) in [6, 6.07) is 0. The number of carbonyl (C=O) groups is 1. The van der Waals surface area contributed by atoms with Crippen LogP contribution in [-0.4, -0.2) is 33.9 Å². The topological polar surface area (TPSA) is 135 Å². The van der Waals surface area contributed by atoms with E-state index in [4.69, 9.17) is 32.5 Å². The molecule has 0 aromatic carbocycles. The van der Waals surface area contributed by atoms with E-state index in [0.717, 1.165) is 0 Å². The first-order valence-electron chi connectivity index (χ1n) is 1.33. The van der Waals surface area contributed by atoms with Gasteiger partial charge in [0.05, 0.1) is 0 Å². The second-order valence-corrected chi connectivity index (χ2v) is 1.57. The van der Waals surface area contributed by atoms with Gasteiger partial charge in [-0.1, -0.05) is 0 Å². The van der Waals surface area contributed by atoms with Crippen LogP contribution in [0.4, 0.5) is 4.79 Å². The molecule has 0 rings (SSSR count). The van der Waals surface area contributed by atoms with E-state index in [1.807, 2.05) is 0 Å². The number of carboxylic acid groups (broad SMARTS) is 2. The van der Waals surface area contributed by atoms with Gasteiger partial charge in [-0.2, -0.15) is 0 Å². The van der Waals surface area contributed by atoms with E-state index < -0.39 is 16.6 Å².